The third kappa shape index (κ3) is 4.66. The van der Waals surface area contributed by atoms with Gasteiger partial charge in [-0.15, -0.1) is 0 Å². The molecule has 0 spiro atoms. The molecule has 0 atom stereocenters. The molecule has 2 aromatic rings. The minimum atomic E-state index is -0.465. The van der Waals surface area contributed by atoms with Crippen LogP contribution in [0.4, 0.5) is 16.4 Å². The van der Waals surface area contributed by atoms with Crippen molar-refractivity contribution in [3.05, 3.63) is 47.3 Å². The van der Waals surface area contributed by atoms with Gasteiger partial charge in [-0.1, -0.05) is 36.8 Å². The topological polar surface area (TPSA) is 87.4 Å². The normalized spacial score (nSPS) is 23.6. The first-order valence-electron chi connectivity index (χ1n) is 10.9. The van der Waals surface area contributed by atoms with Gasteiger partial charge in [-0.2, -0.15) is 0 Å². The van der Waals surface area contributed by atoms with E-state index in [1.54, 1.807) is 18.1 Å². The average Bonchev–Trinajstić information content (AvgIpc) is 2.72. The lowest BCUT2D eigenvalue weighted by Gasteiger charge is -2.50. The summed E-state index contributed by atoms with van der Waals surface area (Å²) in [6.07, 6.45) is 5.73. The first kappa shape index (κ1) is 23.0. The van der Waals surface area contributed by atoms with Crippen LogP contribution in [0.2, 0.25) is 0 Å². The standard InChI is InChI=1S/C24H36N6O/c1-17-8-7-9-19(14-17)24(29(5)6)12-10-23(3,11-13-24)16-30(21(25)31)20-15-27-22(26-4)28-18(20)2/h7-9,14-15H,10-13,16H2,1-6H3,(H2,25,31)(H,26,27,28). The van der Waals surface area contributed by atoms with Gasteiger partial charge in [0.2, 0.25) is 5.95 Å². The highest BCUT2D eigenvalue weighted by molar-refractivity contribution is 5.91. The fraction of sp³-hybridized carbons (Fsp3) is 0.542. The number of carbonyl (C=O) groups is 1. The first-order chi connectivity index (χ1) is 14.6. The number of nitrogens with one attached hydrogen (secondary N) is 1. The molecule has 0 saturated heterocycles. The molecule has 1 heterocycles. The number of urea groups is 1. The van der Waals surface area contributed by atoms with Crippen LogP contribution in [0.15, 0.2) is 30.5 Å². The minimum Gasteiger partial charge on any atom is -0.357 e. The molecule has 1 saturated carbocycles. The molecule has 168 valence electrons. The third-order valence-corrected chi connectivity index (χ3v) is 6.97. The minimum absolute atomic E-state index is 0.0105. The van der Waals surface area contributed by atoms with E-state index in [1.807, 2.05) is 6.92 Å². The number of rotatable bonds is 6. The van der Waals surface area contributed by atoms with Gasteiger partial charge in [-0.3, -0.25) is 9.80 Å². The molecule has 3 rings (SSSR count). The predicted molar refractivity (Wildman–Crippen MR) is 126 cm³/mol. The number of hydrogen-bond donors (Lipinski definition) is 2. The van der Waals surface area contributed by atoms with Crippen molar-refractivity contribution in [1.82, 2.24) is 14.9 Å². The highest BCUT2D eigenvalue weighted by Gasteiger charge is 2.44. The third-order valence-electron chi connectivity index (χ3n) is 6.97. The van der Waals surface area contributed by atoms with Gasteiger partial charge in [0.15, 0.2) is 0 Å². The highest BCUT2D eigenvalue weighted by atomic mass is 16.2. The van der Waals surface area contributed by atoms with Gasteiger partial charge >= 0.3 is 6.03 Å². The summed E-state index contributed by atoms with van der Waals surface area (Å²) in [5, 5.41) is 2.93. The summed E-state index contributed by atoms with van der Waals surface area (Å²) in [6, 6.07) is 8.38. The van der Waals surface area contributed by atoms with E-state index in [0.717, 1.165) is 31.4 Å². The molecule has 0 radical (unpaired) electrons. The molecular weight excluding hydrogens is 388 g/mol. The van der Waals surface area contributed by atoms with E-state index in [1.165, 1.54) is 11.1 Å². The van der Waals surface area contributed by atoms with Crippen LogP contribution in [0.1, 0.15) is 49.4 Å². The smallest absolute Gasteiger partial charge is 0.319 e. The largest absolute Gasteiger partial charge is 0.357 e. The van der Waals surface area contributed by atoms with Crippen molar-refractivity contribution < 1.29 is 4.79 Å². The zero-order valence-corrected chi connectivity index (χ0v) is 19.7. The van der Waals surface area contributed by atoms with E-state index in [-0.39, 0.29) is 11.0 Å². The van der Waals surface area contributed by atoms with Crippen molar-refractivity contribution >= 4 is 17.7 Å². The molecule has 0 bridgehead atoms. The van der Waals surface area contributed by atoms with Gasteiger partial charge < -0.3 is 11.1 Å². The quantitative estimate of drug-likeness (QED) is 0.730. The molecule has 1 fully saturated rings. The molecule has 1 aliphatic carbocycles. The van der Waals surface area contributed by atoms with Crippen molar-refractivity contribution in [2.45, 2.75) is 52.0 Å². The Bertz CT molecular complexity index is 933. The Kier molecular flexibility index (Phi) is 6.55. The average molecular weight is 425 g/mol. The van der Waals surface area contributed by atoms with Crippen LogP contribution in [0, 0.1) is 19.3 Å². The van der Waals surface area contributed by atoms with Crippen LogP contribution in [0.25, 0.3) is 0 Å². The van der Waals surface area contributed by atoms with Crippen LogP contribution in [0.3, 0.4) is 0 Å². The zero-order chi connectivity index (χ0) is 22.8. The number of nitrogens with two attached hydrogens (primary N) is 1. The Morgan fingerprint density at radius 2 is 1.87 bits per heavy atom. The molecule has 2 amide bonds. The van der Waals surface area contributed by atoms with Gasteiger partial charge in [-0.05, 0) is 64.6 Å². The Morgan fingerprint density at radius 3 is 2.39 bits per heavy atom. The molecule has 1 aromatic carbocycles. The Hall–Kier alpha value is -2.67. The van der Waals surface area contributed by atoms with E-state index in [0.29, 0.717) is 18.2 Å². The lowest BCUT2D eigenvalue weighted by atomic mass is 9.65. The molecule has 0 aliphatic heterocycles. The number of primary amides is 1. The maximum atomic E-state index is 12.4. The molecular formula is C24H36N6O. The maximum Gasteiger partial charge on any atom is 0.319 e. The lowest BCUT2D eigenvalue weighted by Crippen LogP contribution is -2.50. The summed E-state index contributed by atoms with van der Waals surface area (Å²) in [4.78, 5) is 25.1. The highest BCUT2D eigenvalue weighted by Crippen LogP contribution is 2.48. The van der Waals surface area contributed by atoms with Crippen LogP contribution in [-0.4, -0.2) is 48.6 Å². The molecule has 7 nitrogen and oxygen atoms in total. The number of hydrogen-bond acceptors (Lipinski definition) is 5. The molecule has 1 aliphatic rings. The van der Waals surface area contributed by atoms with Gasteiger partial charge in [0, 0.05) is 19.1 Å². The van der Waals surface area contributed by atoms with Crippen molar-refractivity contribution in [3.8, 4) is 0 Å². The molecule has 0 unspecified atom stereocenters. The second kappa shape index (κ2) is 8.83. The van der Waals surface area contributed by atoms with Crippen LogP contribution in [-0.2, 0) is 5.54 Å². The second-order valence-corrected chi connectivity index (χ2v) is 9.44. The molecule has 31 heavy (non-hydrogen) atoms. The van der Waals surface area contributed by atoms with E-state index >= 15 is 0 Å². The number of amides is 2. The van der Waals surface area contributed by atoms with Crippen LogP contribution >= 0.6 is 0 Å². The number of benzene rings is 1. The fourth-order valence-corrected chi connectivity index (χ4v) is 4.86. The SMILES string of the molecule is CNc1ncc(N(CC2(C)CCC(c3cccc(C)c3)(N(C)C)CC2)C(N)=O)c(C)n1. The van der Waals surface area contributed by atoms with Crippen LogP contribution in [0.5, 0.6) is 0 Å². The summed E-state index contributed by atoms with van der Waals surface area (Å²) in [6.45, 7) is 6.85. The summed E-state index contributed by atoms with van der Waals surface area (Å²) >= 11 is 0. The van der Waals surface area contributed by atoms with E-state index in [2.05, 4.69) is 72.4 Å². The van der Waals surface area contributed by atoms with E-state index < -0.39 is 6.03 Å². The Balaban J connectivity index is 1.83. The van der Waals surface area contributed by atoms with Gasteiger partial charge in [0.1, 0.15) is 0 Å². The number of anilines is 2. The summed E-state index contributed by atoms with van der Waals surface area (Å²) in [5.41, 5.74) is 9.85. The van der Waals surface area contributed by atoms with Crippen molar-refractivity contribution in [2.75, 3.05) is 37.9 Å². The van der Waals surface area contributed by atoms with Gasteiger partial charge in [0.05, 0.1) is 17.6 Å². The Morgan fingerprint density at radius 1 is 1.19 bits per heavy atom. The number of aryl methyl sites for hydroxylation is 2. The Labute approximate surface area is 186 Å². The number of carbonyl (C=O) groups excluding carboxylic acids is 1. The monoisotopic (exact) mass is 424 g/mol. The van der Waals surface area contributed by atoms with Crippen molar-refractivity contribution in [1.29, 1.82) is 0 Å². The van der Waals surface area contributed by atoms with E-state index in [9.17, 15) is 4.79 Å². The number of nitrogens with zero attached hydrogens (tertiary/aromatic N) is 4. The predicted octanol–water partition coefficient (Wildman–Crippen LogP) is 4.06. The lowest BCUT2D eigenvalue weighted by molar-refractivity contribution is 0.0459. The van der Waals surface area contributed by atoms with Gasteiger partial charge in [-0.25, -0.2) is 14.8 Å². The molecule has 1 aromatic heterocycles. The fourth-order valence-electron chi connectivity index (χ4n) is 4.86. The van der Waals surface area contributed by atoms with Crippen LogP contribution < -0.4 is 16.0 Å². The summed E-state index contributed by atoms with van der Waals surface area (Å²) in [5.74, 6) is 0.531. The summed E-state index contributed by atoms with van der Waals surface area (Å²) in [7, 11) is 6.12. The van der Waals surface area contributed by atoms with Crippen molar-refractivity contribution in [3.63, 3.8) is 0 Å². The maximum absolute atomic E-state index is 12.4. The zero-order valence-electron chi connectivity index (χ0n) is 19.7. The molecule has 3 N–H and O–H groups in total. The first-order valence-corrected chi connectivity index (χ1v) is 10.9. The van der Waals surface area contributed by atoms with E-state index in [4.69, 9.17) is 5.73 Å². The second-order valence-electron chi connectivity index (χ2n) is 9.44. The number of aromatic nitrogens is 2. The van der Waals surface area contributed by atoms with Crippen molar-refractivity contribution in [2.24, 2.45) is 11.1 Å². The summed E-state index contributed by atoms with van der Waals surface area (Å²) < 4.78 is 0. The van der Waals surface area contributed by atoms with Gasteiger partial charge in [0.25, 0.3) is 0 Å². The molecule has 7 heteroatoms.